The molecule has 0 aliphatic carbocycles. The van der Waals surface area contributed by atoms with E-state index in [9.17, 15) is 4.79 Å². The highest BCUT2D eigenvalue weighted by molar-refractivity contribution is 5.80. The van der Waals surface area contributed by atoms with Crippen molar-refractivity contribution in [2.75, 3.05) is 0 Å². The van der Waals surface area contributed by atoms with Crippen molar-refractivity contribution in [2.45, 2.75) is 19.8 Å². The molecule has 2 N–H and O–H groups in total. The van der Waals surface area contributed by atoms with Gasteiger partial charge in [0.25, 0.3) is 0 Å². The van der Waals surface area contributed by atoms with Crippen molar-refractivity contribution < 1.29 is 15.0 Å². The Labute approximate surface area is 65.7 Å². The van der Waals surface area contributed by atoms with Crippen LogP contribution >= 0.6 is 0 Å². The molecule has 62 valence electrons. The third kappa shape index (κ3) is 6.64. The van der Waals surface area contributed by atoms with Crippen LogP contribution in [0, 0.1) is 0 Å². The first-order valence-corrected chi connectivity index (χ1v) is 3.47. The molecule has 0 radical (unpaired) electrons. The summed E-state index contributed by atoms with van der Waals surface area (Å²) in [7, 11) is 0. The van der Waals surface area contributed by atoms with Gasteiger partial charge in [-0.1, -0.05) is 19.4 Å². The number of aliphatic carboxylic acids is 1. The van der Waals surface area contributed by atoms with Gasteiger partial charge in [-0.15, -0.1) is 0 Å². The molecule has 0 aliphatic heterocycles. The maximum atomic E-state index is 9.97. The minimum atomic E-state index is -1.14. The van der Waals surface area contributed by atoms with Crippen molar-refractivity contribution in [1.82, 2.24) is 0 Å². The molecule has 3 heteroatoms. The molecule has 0 amide bonds. The highest BCUT2D eigenvalue weighted by atomic mass is 16.4. The highest BCUT2D eigenvalue weighted by Crippen LogP contribution is 1.94. The lowest BCUT2D eigenvalue weighted by Crippen LogP contribution is -1.89. The summed E-state index contributed by atoms with van der Waals surface area (Å²) in [6.07, 6.45) is 5.70. The number of hydrogen-bond acceptors (Lipinski definition) is 2. The van der Waals surface area contributed by atoms with E-state index in [2.05, 4.69) is 0 Å². The normalized spacial score (nSPS) is 12.3. The van der Waals surface area contributed by atoms with E-state index in [-0.39, 0.29) is 5.76 Å². The molecule has 0 bridgehead atoms. The molecule has 0 aliphatic rings. The molecule has 0 atom stereocenters. The minimum absolute atomic E-state index is 0.217. The Morgan fingerprint density at radius 2 is 2.09 bits per heavy atom. The topological polar surface area (TPSA) is 57.5 Å². The van der Waals surface area contributed by atoms with E-state index in [0.717, 1.165) is 18.9 Å². The number of carbonyl (C=O) groups is 1. The number of rotatable bonds is 4. The second kappa shape index (κ2) is 5.53. The van der Waals surface area contributed by atoms with Gasteiger partial charge in [-0.05, 0) is 12.5 Å². The quantitative estimate of drug-likeness (QED) is 0.371. The van der Waals surface area contributed by atoms with Crippen LogP contribution < -0.4 is 0 Å². The smallest absolute Gasteiger partial charge is 0.332 e. The maximum Gasteiger partial charge on any atom is 0.332 e. The first-order chi connectivity index (χ1) is 5.16. The molecule has 0 unspecified atom stereocenters. The van der Waals surface area contributed by atoms with E-state index in [1.807, 2.05) is 6.92 Å². The van der Waals surface area contributed by atoms with Gasteiger partial charge >= 0.3 is 5.97 Å². The van der Waals surface area contributed by atoms with Crippen LogP contribution in [-0.4, -0.2) is 16.2 Å². The standard InChI is InChI=1S/C8H12O3/c1-2-3-4-5-7(9)6-8(10)11/h4-6,9H,2-3H2,1H3,(H,10,11)/b5-4-,7-6-. The molecule has 0 heterocycles. The SMILES string of the molecule is CCC/C=C\C(O)=C\C(=O)O. The van der Waals surface area contributed by atoms with Crippen molar-refractivity contribution in [3.63, 3.8) is 0 Å². The van der Waals surface area contributed by atoms with E-state index in [0.29, 0.717) is 0 Å². The summed E-state index contributed by atoms with van der Waals surface area (Å²) in [6, 6.07) is 0. The highest BCUT2D eigenvalue weighted by Gasteiger charge is 1.90. The number of carboxylic acid groups (broad SMARTS) is 1. The Balaban J connectivity index is 3.85. The summed E-state index contributed by atoms with van der Waals surface area (Å²) >= 11 is 0. The second-order valence-electron chi connectivity index (χ2n) is 2.10. The third-order valence-electron chi connectivity index (χ3n) is 1.02. The van der Waals surface area contributed by atoms with Crippen LogP contribution in [0.4, 0.5) is 0 Å². The summed E-state index contributed by atoms with van der Waals surface area (Å²) < 4.78 is 0. The zero-order valence-electron chi connectivity index (χ0n) is 6.45. The maximum absolute atomic E-state index is 9.97. The van der Waals surface area contributed by atoms with E-state index in [1.165, 1.54) is 6.08 Å². The predicted molar refractivity (Wildman–Crippen MR) is 42.4 cm³/mol. The van der Waals surface area contributed by atoms with Crippen LogP contribution in [-0.2, 0) is 4.79 Å². The largest absolute Gasteiger partial charge is 0.508 e. The van der Waals surface area contributed by atoms with Crippen molar-refractivity contribution >= 4 is 5.97 Å². The summed E-state index contributed by atoms with van der Waals surface area (Å²) in [5.74, 6) is -1.35. The molecule has 0 spiro atoms. The van der Waals surface area contributed by atoms with Gasteiger partial charge in [0, 0.05) is 0 Å². The Hall–Kier alpha value is -1.25. The average Bonchev–Trinajstić information content (AvgIpc) is 1.86. The Kier molecular flexibility index (Phi) is 4.90. The summed E-state index contributed by atoms with van der Waals surface area (Å²) in [4.78, 5) is 9.97. The molecular formula is C8H12O3. The fourth-order valence-corrected chi connectivity index (χ4v) is 0.545. The zero-order valence-corrected chi connectivity index (χ0v) is 6.45. The van der Waals surface area contributed by atoms with E-state index in [4.69, 9.17) is 10.2 Å². The minimum Gasteiger partial charge on any atom is -0.508 e. The molecule has 0 rings (SSSR count). The number of carboxylic acids is 1. The van der Waals surface area contributed by atoms with Gasteiger partial charge in [0.05, 0.1) is 6.08 Å². The lowest BCUT2D eigenvalue weighted by atomic mass is 10.3. The first-order valence-electron chi connectivity index (χ1n) is 3.47. The summed E-state index contributed by atoms with van der Waals surface area (Å²) in [5.41, 5.74) is 0. The van der Waals surface area contributed by atoms with Crippen LogP contribution in [0.2, 0.25) is 0 Å². The van der Waals surface area contributed by atoms with Gasteiger partial charge < -0.3 is 10.2 Å². The van der Waals surface area contributed by atoms with E-state index in [1.54, 1.807) is 6.08 Å². The lowest BCUT2D eigenvalue weighted by Gasteiger charge is -1.87. The number of hydrogen-bond donors (Lipinski definition) is 2. The van der Waals surface area contributed by atoms with Crippen molar-refractivity contribution in [1.29, 1.82) is 0 Å². The van der Waals surface area contributed by atoms with Crippen LogP contribution in [0.15, 0.2) is 24.0 Å². The number of allylic oxidation sites excluding steroid dienone is 2. The summed E-state index contributed by atoms with van der Waals surface area (Å²) in [6.45, 7) is 2.00. The van der Waals surface area contributed by atoms with E-state index >= 15 is 0 Å². The summed E-state index contributed by atoms with van der Waals surface area (Å²) in [5, 5.41) is 17.0. The third-order valence-corrected chi connectivity index (χ3v) is 1.02. The first kappa shape index (κ1) is 9.75. The molecule has 0 saturated carbocycles. The van der Waals surface area contributed by atoms with Crippen molar-refractivity contribution in [3.8, 4) is 0 Å². The average molecular weight is 156 g/mol. The number of unbranched alkanes of at least 4 members (excludes halogenated alkanes) is 1. The Morgan fingerprint density at radius 1 is 1.45 bits per heavy atom. The lowest BCUT2D eigenvalue weighted by molar-refractivity contribution is -0.131. The Morgan fingerprint density at radius 3 is 2.55 bits per heavy atom. The monoisotopic (exact) mass is 156 g/mol. The van der Waals surface area contributed by atoms with Crippen molar-refractivity contribution in [2.24, 2.45) is 0 Å². The van der Waals surface area contributed by atoms with Gasteiger partial charge in [-0.3, -0.25) is 0 Å². The van der Waals surface area contributed by atoms with Crippen LogP contribution in [0.5, 0.6) is 0 Å². The predicted octanol–water partition coefficient (Wildman–Crippen LogP) is 1.87. The molecule has 0 aromatic rings. The van der Waals surface area contributed by atoms with Crippen molar-refractivity contribution in [3.05, 3.63) is 24.0 Å². The van der Waals surface area contributed by atoms with Gasteiger partial charge in [0.15, 0.2) is 0 Å². The molecule has 0 aromatic carbocycles. The molecule has 0 aromatic heterocycles. The van der Waals surface area contributed by atoms with Gasteiger partial charge in [-0.2, -0.15) is 0 Å². The molecule has 0 saturated heterocycles. The number of aliphatic hydroxyl groups excluding tert-OH is 1. The zero-order chi connectivity index (χ0) is 8.69. The fourth-order valence-electron chi connectivity index (χ4n) is 0.545. The number of aliphatic hydroxyl groups is 1. The van der Waals surface area contributed by atoms with Crippen LogP contribution in [0.25, 0.3) is 0 Å². The fraction of sp³-hybridized carbons (Fsp3) is 0.375. The Bertz CT molecular complexity index is 180. The van der Waals surface area contributed by atoms with Crippen LogP contribution in [0.3, 0.4) is 0 Å². The van der Waals surface area contributed by atoms with Gasteiger partial charge in [-0.25, -0.2) is 4.79 Å². The molecule has 3 nitrogen and oxygen atoms in total. The van der Waals surface area contributed by atoms with E-state index < -0.39 is 5.97 Å². The van der Waals surface area contributed by atoms with Crippen LogP contribution in [0.1, 0.15) is 19.8 Å². The molecule has 0 fully saturated rings. The van der Waals surface area contributed by atoms with Gasteiger partial charge in [0.2, 0.25) is 0 Å². The van der Waals surface area contributed by atoms with Gasteiger partial charge in [0.1, 0.15) is 5.76 Å². The molecule has 11 heavy (non-hydrogen) atoms. The second-order valence-corrected chi connectivity index (χ2v) is 2.10. The molecular weight excluding hydrogens is 144 g/mol.